The summed E-state index contributed by atoms with van der Waals surface area (Å²) in [5.74, 6) is 0. The highest BCUT2D eigenvalue weighted by Crippen LogP contribution is 2.29. The van der Waals surface area contributed by atoms with Crippen LogP contribution in [0.1, 0.15) is 22.3 Å². The Balaban J connectivity index is 1.95. The average molecular weight is 293 g/mol. The predicted molar refractivity (Wildman–Crippen MR) is 75.0 cm³/mol. The zero-order chi connectivity index (χ0) is 15.3. The first-order valence-electron chi connectivity index (χ1n) is 6.33. The lowest BCUT2D eigenvalue weighted by Crippen LogP contribution is -2.05. The highest BCUT2D eigenvalue weighted by Gasteiger charge is 2.30. The molecular formula is C16H14F3NO. The Hall–Kier alpha value is -2.30. The molecule has 0 fully saturated rings. The molecule has 0 atom stereocenters. The van der Waals surface area contributed by atoms with Crippen LogP contribution in [0.4, 0.5) is 13.2 Å². The SMILES string of the molecule is Cc1cccc(C=NOCc2cccc(C(F)(F)F)c2)c1. The number of nitrogens with zero attached hydrogens (tertiary/aromatic N) is 1. The van der Waals surface area contributed by atoms with Crippen LogP contribution in [0.5, 0.6) is 0 Å². The molecule has 0 aliphatic carbocycles. The minimum Gasteiger partial charge on any atom is -0.391 e. The van der Waals surface area contributed by atoms with Crippen LogP contribution in [0.3, 0.4) is 0 Å². The van der Waals surface area contributed by atoms with Crippen molar-refractivity contribution < 1.29 is 18.0 Å². The summed E-state index contributed by atoms with van der Waals surface area (Å²) in [5, 5.41) is 3.76. The van der Waals surface area contributed by atoms with Crippen molar-refractivity contribution in [3.63, 3.8) is 0 Å². The van der Waals surface area contributed by atoms with E-state index in [9.17, 15) is 13.2 Å². The molecule has 0 amide bonds. The molecule has 2 aromatic carbocycles. The molecule has 0 N–H and O–H groups in total. The van der Waals surface area contributed by atoms with Gasteiger partial charge >= 0.3 is 6.18 Å². The van der Waals surface area contributed by atoms with Crippen molar-refractivity contribution in [2.45, 2.75) is 19.7 Å². The van der Waals surface area contributed by atoms with E-state index in [2.05, 4.69) is 5.16 Å². The molecule has 0 saturated heterocycles. The summed E-state index contributed by atoms with van der Waals surface area (Å²) < 4.78 is 37.6. The number of alkyl halides is 3. The largest absolute Gasteiger partial charge is 0.416 e. The lowest BCUT2D eigenvalue weighted by Gasteiger charge is -2.07. The summed E-state index contributed by atoms with van der Waals surface area (Å²) in [5.41, 5.74) is 1.70. The summed E-state index contributed by atoms with van der Waals surface area (Å²) in [7, 11) is 0. The molecule has 0 aliphatic heterocycles. The smallest absolute Gasteiger partial charge is 0.391 e. The molecule has 2 aromatic rings. The van der Waals surface area contributed by atoms with Gasteiger partial charge in [-0.2, -0.15) is 13.2 Å². The van der Waals surface area contributed by atoms with Crippen LogP contribution < -0.4 is 0 Å². The van der Waals surface area contributed by atoms with Gasteiger partial charge in [-0.25, -0.2) is 0 Å². The molecule has 2 rings (SSSR count). The summed E-state index contributed by atoms with van der Waals surface area (Å²) in [6, 6.07) is 12.6. The molecule has 2 nitrogen and oxygen atoms in total. The van der Waals surface area contributed by atoms with E-state index in [1.807, 2.05) is 31.2 Å². The van der Waals surface area contributed by atoms with Crippen molar-refractivity contribution in [3.05, 3.63) is 70.8 Å². The minimum atomic E-state index is -4.35. The van der Waals surface area contributed by atoms with Gasteiger partial charge in [0.2, 0.25) is 0 Å². The Labute approximate surface area is 120 Å². The lowest BCUT2D eigenvalue weighted by molar-refractivity contribution is -0.137. The van der Waals surface area contributed by atoms with Gasteiger partial charge < -0.3 is 4.84 Å². The fourth-order valence-electron chi connectivity index (χ4n) is 1.80. The van der Waals surface area contributed by atoms with Crippen molar-refractivity contribution in [3.8, 4) is 0 Å². The van der Waals surface area contributed by atoms with Gasteiger partial charge in [-0.3, -0.25) is 0 Å². The van der Waals surface area contributed by atoms with Gasteiger partial charge in [-0.15, -0.1) is 0 Å². The van der Waals surface area contributed by atoms with Crippen molar-refractivity contribution in [2.75, 3.05) is 0 Å². The van der Waals surface area contributed by atoms with Gasteiger partial charge in [0.15, 0.2) is 0 Å². The number of rotatable bonds is 4. The number of benzene rings is 2. The van der Waals surface area contributed by atoms with Gasteiger partial charge in [0.25, 0.3) is 0 Å². The van der Waals surface area contributed by atoms with Crippen molar-refractivity contribution in [1.82, 2.24) is 0 Å². The topological polar surface area (TPSA) is 21.6 Å². The third-order valence-electron chi connectivity index (χ3n) is 2.80. The number of hydrogen-bond donors (Lipinski definition) is 0. The van der Waals surface area contributed by atoms with Gasteiger partial charge in [0, 0.05) is 0 Å². The maximum absolute atomic E-state index is 12.5. The Morgan fingerprint density at radius 3 is 2.57 bits per heavy atom. The normalized spacial score (nSPS) is 11.8. The maximum Gasteiger partial charge on any atom is 0.416 e. The fraction of sp³-hybridized carbons (Fsp3) is 0.188. The first kappa shape index (κ1) is 15.1. The molecule has 0 aliphatic rings. The van der Waals surface area contributed by atoms with E-state index in [0.29, 0.717) is 5.56 Å². The van der Waals surface area contributed by atoms with E-state index < -0.39 is 11.7 Å². The molecule has 0 aromatic heterocycles. The Bertz CT molecular complexity index is 635. The molecule has 0 heterocycles. The van der Waals surface area contributed by atoms with Crippen molar-refractivity contribution in [2.24, 2.45) is 5.16 Å². The van der Waals surface area contributed by atoms with E-state index >= 15 is 0 Å². The van der Waals surface area contributed by atoms with Gasteiger partial charge in [-0.1, -0.05) is 47.1 Å². The van der Waals surface area contributed by atoms with Crippen LogP contribution in [0, 0.1) is 6.92 Å². The van der Waals surface area contributed by atoms with E-state index in [1.165, 1.54) is 12.3 Å². The molecule has 0 unspecified atom stereocenters. The molecule has 0 radical (unpaired) electrons. The standard InChI is InChI=1S/C16H14F3NO/c1-12-4-2-5-13(8-12)10-20-21-11-14-6-3-7-15(9-14)16(17,18)19/h2-10H,11H2,1H3. The maximum atomic E-state index is 12.5. The van der Waals surface area contributed by atoms with Crippen LogP contribution >= 0.6 is 0 Å². The zero-order valence-corrected chi connectivity index (χ0v) is 11.4. The molecule has 21 heavy (non-hydrogen) atoms. The second-order valence-electron chi connectivity index (χ2n) is 4.62. The monoisotopic (exact) mass is 293 g/mol. The second-order valence-corrected chi connectivity index (χ2v) is 4.62. The lowest BCUT2D eigenvalue weighted by atomic mass is 10.1. The number of halogens is 3. The van der Waals surface area contributed by atoms with Crippen LogP contribution in [0.15, 0.2) is 53.7 Å². The first-order valence-corrected chi connectivity index (χ1v) is 6.33. The van der Waals surface area contributed by atoms with Crippen LogP contribution in [0.2, 0.25) is 0 Å². The Morgan fingerprint density at radius 2 is 1.86 bits per heavy atom. The van der Waals surface area contributed by atoms with Crippen molar-refractivity contribution >= 4 is 6.21 Å². The highest BCUT2D eigenvalue weighted by molar-refractivity contribution is 5.79. The molecule has 0 saturated carbocycles. The molecule has 5 heteroatoms. The zero-order valence-electron chi connectivity index (χ0n) is 11.4. The Morgan fingerprint density at radius 1 is 1.10 bits per heavy atom. The minimum absolute atomic E-state index is 0.00770. The first-order chi connectivity index (χ1) is 9.95. The quantitative estimate of drug-likeness (QED) is 0.598. The summed E-state index contributed by atoms with van der Waals surface area (Å²) >= 11 is 0. The second kappa shape index (κ2) is 6.43. The molecular weight excluding hydrogens is 279 g/mol. The summed E-state index contributed by atoms with van der Waals surface area (Å²) in [4.78, 5) is 5.03. The molecule has 110 valence electrons. The van der Waals surface area contributed by atoms with E-state index in [-0.39, 0.29) is 6.61 Å². The van der Waals surface area contributed by atoms with Crippen LogP contribution in [-0.2, 0) is 17.6 Å². The summed E-state index contributed by atoms with van der Waals surface area (Å²) in [6.07, 6.45) is -2.82. The predicted octanol–water partition coefficient (Wildman–Crippen LogP) is 4.56. The van der Waals surface area contributed by atoms with E-state index in [4.69, 9.17) is 4.84 Å². The highest BCUT2D eigenvalue weighted by atomic mass is 19.4. The van der Waals surface area contributed by atoms with Crippen LogP contribution in [0.25, 0.3) is 0 Å². The number of aryl methyl sites for hydroxylation is 1. The third-order valence-corrected chi connectivity index (χ3v) is 2.80. The summed E-state index contributed by atoms with van der Waals surface area (Å²) in [6.45, 7) is 1.95. The average Bonchev–Trinajstić information content (AvgIpc) is 2.43. The van der Waals surface area contributed by atoms with E-state index in [1.54, 1.807) is 6.07 Å². The van der Waals surface area contributed by atoms with Crippen molar-refractivity contribution in [1.29, 1.82) is 0 Å². The van der Waals surface area contributed by atoms with Gasteiger partial charge in [-0.05, 0) is 30.2 Å². The fourth-order valence-corrected chi connectivity index (χ4v) is 1.80. The molecule has 0 bridgehead atoms. The van der Waals surface area contributed by atoms with E-state index in [0.717, 1.165) is 23.3 Å². The van der Waals surface area contributed by atoms with Crippen LogP contribution in [-0.4, -0.2) is 6.21 Å². The third kappa shape index (κ3) is 4.63. The van der Waals surface area contributed by atoms with Gasteiger partial charge in [0.1, 0.15) is 6.61 Å². The number of hydrogen-bond acceptors (Lipinski definition) is 2. The number of oxime groups is 1. The molecule has 0 spiro atoms. The Kier molecular flexibility index (Phi) is 4.62. The van der Waals surface area contributed by atoms with Gasteiger partial charge in [0.05, 0.1) is 11.8 Å².